The summed E-state index contributed by atoms with van der Waals surface area (Å²) >= 11 is 1.94. The largest absolute Gasteiger partial charge is 0.472 e. The molecule has 2 fully saturated rings. The molecule has 0 bridgehead atoms. The molecular weight excluding hydrogens is 588 g/mol. The van der Waals surface area contributed by atoms with Crippen LogP contribution in [0.2, 0.25) is 0 Å². The Bertz CT molecular complexity index is 1430. The topological polar surface area (TPSA) is 70.2 Å². The van der Waals surface area contributed by atoms with E-state index in [4.69, 9.17) is 9.47 Å². The van der Waals surface area contributed by atoms with Gasteiger partial charge in [0, 0.05) is 20.0 Å². The Balaban J connectivity index is 1.43. The fraction of sp³-hybridized carbons (Fsp3) is 0.458. The van der Waals surface area contributed by atoms with Crippen LogP contribution in [0.25, 0.3) is 22.1 Å². The Morgan fingerprint density at radius 1 is 1.17 bits per heavy atom. The maximum Gasteiger partial charge on any atom is 0.333 e. The van der Waals surface area contributed by atoms with Crippen molar-refractivity contribution in [1.82, 2.24) is 29.2 Å². The maximum atomic E-state index is 14.2. The van der Waals surface area contributed by atoms with Gasteiger partial charge in [0.15, 0.2) is 5.65 Å². The molecule has 4 aromatic rings. The van der Waals surface area contributed by atoms with Crippen molar-refractivity contribution >= 4 is 44.7 Å². The van der Waals surface area contributed by atoms with Crippen LogP contribution in [0.3, 0.4) is 0 Å². The average Bonchev–Trinajstić information content (AvgIpc) is 3.57. The second kappa shape index (κ2) is 9.05. The van der Waals surface area contributed by atoms with Crippen molar-refractivity contribution in [1.29, 1.82) is 0 Å². The van der Waals surface area contributed by atoms with E-state index in [9.17, 15) is 13.2 Å². The Labute approximate surface area is 218 Å². The Morgan fingerprint density at radius 2 is 1.97 bits per heavy atom. The average molecular weight is 612 g/mol. The van der Waals surface area contributed by atoms with Crippen LogP contribution >= 0.6 is 22.6 Å². The summed E-state index contributed by atoms with van der Waals surface area (Å²) < 4.78 is 57.0. The van der Waals surface area contributed by atoms with E-state index >= 15 is 0 Å². The van der Waals surface area contributed by atoms with E-state index in [2.05, 4.69) is 20.0 Å². The van der Waals surface area contributed by atoms with Crippen LogP contribution < -0.4 is 9.47 Å². The number of nitrogens with zero attached hydrogens (tertiary/aromatic N) is 6. The first-order valence-corrected chi connectivity index (χ1v) is 12.8. The van der Waals surface area contributed by atoms with Crippen LogP contribution in [-0.2, 0) is 13.7 Å². The molecule has 2 saturated heterocycles. The number of benzene rings is 1. The van der Waals surface area contributed by atoms with Crippen molar-refractivity contribution in [3.63, 3.8) is 0 Å². The minimum absolute atomic E-state index is 0.0731. The van der Waals surface area contributed by atoms with E-state index in [1.165, 1.54) is 0 Å². The van der Waals surface area contributed by atoms with Gasteiger partial charge in [0.25, 0.3) is 0 Å². The molecule has 6 rings (SSSR count). The number of aromatic nitrogens is 5. The lowest BCUT2D eigenvalue weighted by molar-refractivity contribution is 0.0613. The quantitative estimate of drug-likeness (QED) is 0.278. The number of halogens is 4. The zero-order valence-electron chi connectivity index (χ0n) is 19.5. The van der Waals surface area contributed by atoms with Crippen molar-refractivity contribution in [2.75, 3.05) is 19.7 Å². The second-order valence-corrected chi connectivity index (χ2v) is 10.4. The lowest BCUT2D eigenvalue weighted by atomic mass is 9.95. The molecule has 0 unspecified atom stereocenters. The van der Waals surface area contributed by atoms with Crippen molar-refractivity contribution in [3.05, 3.63) is 39.6 Å². The lowest BCUT2D eigenvalue weighted by Crippen LogP contribution is -2.43. The standard InChI is InChI=1S/C24H24F3IN6O2/c1-32-18-17(34(22(26)27)31-19(18)28)16-20(32)29-23(30-21(16)35-12-14-6-3-2-4-7-14)36-13-24-8-5-9-33(24)11-15(25)10-24/h2-4,6-7,15,22H,5,8-13H2,1H3/t15-,24+/m1/s1. The summed E-state index contributed by atoms with van der Waals surface area (Å²) in [6, 6.07) is 9.57. The van der Waals surface area contributed by atoms with E-state index in [1.54, 1.807) is 11.6 Å². The highest BCUT2D eigenvalue weighted by Crippen LogP contribution is 2.41. The van der Waals surface area contributed by atoms with Crippen LogP contribution in [0.15, 0.2) is 30.3 Å². The molecule has 0 N–H and O–H groups in total. The minimum Gasteiger partial charge on any atom is -0.472 e. The molecule has 2 aliphatic rings. The van der Waals surface area contributed by atoms with E-state index < -0.39 is 12.7 Å². The molecule has 0 spiro atoms. The molecule has 0 saturated carbocycles. The summed E-state index contributed by atoms with van der Waals surface area (Å²) in [4.78, 5) is 11.2. The van der Waals surface area contributed by atoms with Crippen molar-refractivity contribution in [2.24, 2.45) is 7.05 Å². The summed E-state index contributed by atoms with van der Waals surface area (Å²) in [5, 5.41) is 4.37. The molecule has 0 amide bonds. The predicted octanol–water partition coefficient (Wildman–Crippen LogP) is 4.85. The van der Waals surface area contributed by atoms with Gasteiger partial charge in [0.05, 0.1) is 5.54 Å². The summed E-state index contributed by atoms with van der Waals surface area (Å²) in [7, 11) is 1.74. The van der Waals surface area contributed by atoms with Gasteiger partial charge in [-0.05, 0) is 47.5 Å². The van der Waals surface area contributed by atoms with Gasteiger partial charge >= 0.3 is 12.6 Å². The molecule has 2 aliphatic heterocycles. The minimum atomic E-state index is -2.84. The van der Waals surface area contributed by atoms with Gasteiger partial charge in [-0.1, -0.05) is 30.3 Å². The van der Waals surface area contributed by atoms with Gasteiger partial charge in [-0.15, -0.1) is 0 Å². The molecule has 8 nitrogen and oxygen atoms in total. The predicted molar refractivity (Wildman–Crippen MR) is 135 cm³/mol. The number of alkyl halides is 3. The van der Waals surface area contributed by atoms with Crippen molar-refractivity contribution in [2.45, 2.75) is 44.1 Å². The molecule has 190 valence electrons. The zero-order chi connectivity index (χ0) is 25.0. The smallest absolute Gasteiger partial charge is 0.333 e. The Morgan fingerprint density at radius 3 is 2.75 bits per heavy atom. The Hall–Kier alpha value is -2.61. The van der Waals surface area contributed by atoms with Crippen LogP contribution in [-0.4, -0.2) is 60.6 Å². The summed E-state index contributed by atoms with van der Waals surface area (Å²) in [6.45, 7) is -1.14. The van der Waals surface area contributed by atoms with Crippen LogP contribution in [0.5, 0.6) is 11.9 Å². The number of rotatable bonds is 7. The summed E-state index contributed by atoms with van der Waals surface area (Å²) in [6.07, 6.45) is 1.39. The highest BCUT2D eigenvalue weighted by Gasteiger charge is 2.49. The molecule has 2 atom stereocenters. The fourth-order valence-corrected chi connectivity index (χ4v) is 6.43. The van der Waals surface area contributed by atoms with Gasteiger partial charge in [0.2, 0.25) is 5.88 Å². The SMILES string of the molecule is Cn1c2nc(OC[C@@]34CCCN3C[C@H](F)C4)nc(OCc3ccccc3)c2c2c1c(I)nn2C(F)F. The number of hydrogen-bond acceptors (Lipinski definition) is 6. The first-order valence-electron chi connectivity index (χ1n) is 11.8. The number of hydrogen-bond donors (Lipinski definition) is 0. The number of aryl methyl sites for hydroxylation is 1. The molecule has 1 aromatic carbocycles. The third kappa shape index (κ3) is 3.88. The molecule has 0 radical (unpaired) electrons. The van der Waals surface area contributed by atoms with E-state index in [-0.39, 0.29) is 36.2 Å². The monoisotopic (exact) mass is 612 g/mol. The maximum absolute atomic E-state index is 14.2. The highest BCUT2D eigenvalue weighted by molar-refractivity contribution is 14.1. The van der Waals surface area contributed by atoms with Gasteiger partial charge < -0.3 is 14.0 Å². The van der Waals surface area contributed by atoms with Crippen LogP contribution in [0, 0.1) is 3.70 Å². The van der Waals surface area contributed by atoms with Crippen LogP contribution in [0.4, 0.5) is 13.2 Å². The van der Waals surface area contributed by atoms with Crippen LogP contribution in [0.1, 0.15) is 31.4 Å². The van der Waals surface area contributed by atoms with Crippen molar-refractivity contribution in [3.8, 4) is 11.9 Å². The normalized spacial score (nSPS) is 22.2. The molecule has 3 aromatic heterocycles. The number of ether oxygens (including phenoxy) is 2. The van der Waals surface area contributed by atoms with E-state index in [1.807, 2.05) is 52.9 Å². The molecule has 0 aliphatic carbocycles. The first kappa shape index (κ1) is 23.8. The molecule has 5 heterocycles. The lowest BCUT2D eigenvalue weighted by Gasteiger charge is -2.30. The van der Waals surface area contributed by atoms with Gasteiger partial charge in [0.1, 0.15) is 39.5 Å². The molecule has 12 heteroatoms. The first-order chi connectivity index (χ1) is 17.4. The van der Waals surface area contributed by atoms with E-state index in [0.717, 1.165) is 24.9 Å². The van der Waals surface area contributed by atoms with Gasteiger partial charge in [-0.25, -0.2) is 9.07 Å². The zero-order valence-corrected chi connectivity index (χ0v) is 21.7. The van der Waals surface area contributed by atoms with Gasteiger partial charge in [-0.2, -0.15) is 23.8 Å². The molecular formula is C24H24F3IN6O2. The molecule has 36 heavy (non-hydrogen) atoms. The third-order valence-electron chi connectivity index (χ3n) is 7.20. The second-order valence-electron chi connectivity index (χ2n) is 9.42. The van der Waals surface area contributed by atoms with Crippen molar-refractivity contribution < 1.29 is 22.6 Å². The highest BCUT2D eigenvalue weighted by atomic mass is 127. The Kier molecular flexibility index (Phi) is 5.97. The number of fused-ring (bicyclic) bond motifs is 4. The van der Waals surface area contributed by atoms with Gasteiger partial charge in [-0.3, -0.25) is 4.90 Å². The van der Waals surface area contributed by atoms with E-state index in [0.29, 0.717) is 37.9 Å². The third-order valence-corrected chi connectivity index (χ3v) is 7.93. The summed E-state index contributed by atoms with van der Waals surface area (Å²) in [5.74, 6) is 0.137. The fourth-order valence-electron chi connectivity index (χ4n) is 5.58. The summed E-state index contributed by atoms with van der Waals surface area (Å²) in [5.41, 5.74) is 1.65.